The van der Waals surface area contributed by atoms with Gasteiger partial charge in [-0.25, -0.2) is 4.39 Å². The molecule has 1 N–H and O–H groups in total. The number of thioether (sulfide) groups is 1. The molecule has 19 heavy (non-hydrogen) atoms. The number of hydrogen-bond donors (Lipinski definition) is 1. The van der Waals surface area contributed by atoms with Crippen LogP contribution in [0.2, 0.25) is 0 Å². The number of nitrogens with zero attached hydrogens (tertiary/aromatic N) is 2. The minimum atomic E-state index is -0.283. The van der Waals surface area contributed by atoms with Crippen molar-refractivity contribution in [3.05, 3.63) is 35.1 Å². The van der Waals surface area contributed by atoms with Crippen LogP contribution in [0.25, 0.3) is 0 Å². The van der Waals surface area contributed by atoms with Crippen LogP contribution < -0.4 is 5.32 Å². The Morgan fingerprint density at radius 2 is 2.11 bits per heavy atom. The molecule has 0 aliphatic carbocycles. The maximum absolute atomic E-state index is 12.7. The van der Waals surface area contributed by atoms with E-state index < -0.39 is 0 Å². The van der Waals surface area contributed by atoms with Gasteiger partial charge < -0.3 is 0 Å². The summed E-state index contributed by atoms with van der Waals surface area (Å²) >= 11 is 2.72. The van der Waals surface area contributed by atoms with E-state index in [4.69, 9.17) is 0 Å². The van der Waals surface area contributed by atoms with E-state index in [-0.39, 0.29) is 17.5 Å². The molecule has 100 valence electrons. The Balaban J connectivity index is 1.82. The zero-order valence-electron chi connectivity index (χ0n) is 10.2. The fraction of sp³-hybridized carbons (Fsp3) is 0.250. The first-order valence-electron chi connectivity index (χ1n) is 5.68. The highest BCUT2D eigenvalue weighted by molar-refractivity contribution is 8.00. The third kappa shape index (κ3) is 4.29. The highest BCUT2D eigenvalue weighted by atomic mass is 32.2. The van der Waals surface area contributed by atoms with Crippen molar-refractivity contribution in [1.29, 1.82) is 0 Å². The molecule has 0 aliphatic heterocycles. The number of nitrogens with one attached hydrogen (secondary N) is 1. The lowest BCUT2D eigenvalue weighted by Crippen LogP contribution is -2.13. The van der Waals surface area contributed by atoms with E-state index in [0.29, 0.717) is 5.13 Å². The number of aryl methyl sites for hydroxylation is 1. The number of rotatable bonds is 5. The lowest BCUT2D eigenvalue weighted by Gasteiger charge is -2.01. The van der Waals surface area contributed by atoms with E-state index >= 15 is 0 Å². The minimum absolute atomic E-state index is 0.145. The molecule has 0 aliphatic rings. The van der Waals surface area contributed by atoms with Crippen LogP contribution in [0.15, 0.2) is 29.2 Å². The first kappa shape index (κ1) is 14.0. The molecule has 0 radical (unpaired) electrons. The van der Waals surface area contributed by atoms with Gasteiger partial charge in [0.1, 0.15) is 10.8 Å². The molecule has 0 atom stereocenters. The molecule has 0 spiro atoms. The second-order valence-electron chi connectivity index (χ2n) is 3.65. The standard InChI is InChI=1S/C12H12FN3OS2/c1-2-11-15-16-12(19-11)14-10(17)7-18-9-5-3-8(13)4-6-9/h3-6H,2,7H2,1H3,(H,14,16,17). The van der Waals surface area contributed by atoms with Gasteiger partial charge in [-0.3, -0.25) is 10.1 Å². The third-order valence-electron chi connectivity index (χ3n) is 2.20. The summed E-state index contributed by atoms with van der Waals surface area (Å²) in [5, 5.41) is 11.9. The van der Waals surface area contributed by atoms with Gasteiger partial charge in [0.15, 0.2) is 0 Å². The Hall–Kier alpha value is -1.47. The number of amides is 1. The Labute approximate surface area is 118 Å². The van der Waals surface area contributed by atoms with Crippen molar-refractivity contribution in [3.8, 4) is 0 Å². The molecule has 7 heteroatoms. The second-order valence-corrected chi connectivity index (χ2v) is 5.76. The summed E-state index contributed by atoms with van der Waals surface area (Å²) in [6.07, 6.45) is 0.803. The molecule has 4 nitrogen and oxygen atoms in total. The molecule has 2 rings (SSSR count). The zero-order chi connectivity index (χ0) is 13.7. The van der Waals surface area contributed by atoms with Crippen molar-refractivity contribution in [2.45, 2.75) is 18.2 Å². The number of carbonyl (C=O) groups excluding carboxylic acids is 1. The van der Waals surface area contributed by atoms with Crippen molar-refractivity contribution >= 4 is 34.1 Å². The average molecular weight is 297 g/mol. The van der Waals surface area contributed by atoms with Crippen LogP contribution in [0.3, 0.4) is 0 Å². The molecular weight excluding hydrogens is 285 g/mol. The lowest BCUT2D eigenvalue weighted by molar-refractivity contribution is -0.113. The van der Waals surface area contributed by atoms with Crippen molar-refractivity contribution in [3.63, 3.8) is 0 Å². The average Bonchev–Trinajstić information content (AvgIpc) is 2.86. The highest BCUT2D eigenvalue weighted by Crippen LogP contribution is 2.19. The third-order valence-corrected chi connectivity index (χ3v) is 4.19. The number of carbonyl (C=O) groups is 1. The SMILES string of the molecule is CCc1nnc(NC(=O)CSc2ccc(F)cc2)s1. The lowest BCUT2D eigenvalue weighted by atomic mass is 10.4. The van der Waals surface area contributed by atoms with Gasteiger partial charge in [-0.2, -0.15) is 0 Å². The van der Waals surface area contributed by atoms with Crippen LogP contribution >= 0.6 is 23.1 Å². The van der Waals surface area contributed by atoms with E-state index in [2.05, 4.69) is 15.5 Å². The van der Waals surface area contributed by atoms with E-state index in [1.807, 2.05) is 6.92 Å². The fourth-order valence-electron chi connectivity index (χ4n) is 1.28. The van der Waals surface area contributed by atoms with Gasteiger partial charge in [0, 0.05) is 4.90 Å². The molecule has 0 saturated heterocycles. The predicted molar refractivity (Wildman–Crippen MR) is 75.0 cm³/mol. The van der Waals surface area contributed by atoms with Crippen molar-refractivity contribution in [2.75, 3.05) is 11.1 Å². The van der Waals surface area contributed by atoms with Gasteiger partial charge in [0.25, 0.3) is 0 Å². The summed E-state index contributed by atoms with van der Waals surface area (Å²) in [7, 11) is 0. The van der Waals surface area contributed by atoms with Gasteiger partial charge in [-0.05, 0) is 30.7 Å². The van der Waals surface area contributed by atoms with Gasteiger partial charge >= 0.3 is 0 Å². The minimum Gasteiger partial charge on any atom is -0.300 e. The first-order chi connectivity index (χ1) is 9.17. The maximum Gasteiger partial charge on any atom is 0.236 e. The number of hydrogen-bond acceptors (Lipinski definition) is 5. The topological polar surface area (TPSA) is 54.9 Å². The number of anilines is 1. The molecule has 0 saturated carbocycles. The molecular formula is C12H12FN3OS2. The van der Waals surface area contributed by atoms with Crippen LogP contribution in [0.4, 0.5) is 9.52 Å². The smallest absolute Gasteiger partial charge is 0.236 e. The molecule has 1 aromatic heterocycles. The molecule has 1 heterocycles. The number of aromatic nitrogens is 2. The summed E-state index contributed by atoms with van der Waals surface area (Å²) in [5.74, 6) is -0.171. The van der Waals surface area contributed by atoms with Gasteiger partial charge in [-0.15, -0.1) is 22.0 Å². The van der Waals surface area contributed by atoms with Crippen molar-refractivity contribution < 1.29 is 9.18 Å². The largest absolute Gasteiger partial charge is 0.300 e. The normalized spacial score (nSPS) is 10.4. The molecule has 0 fully saturated rings. The van der Waals surface area contributed by atoms with Gasteiger partial charge in [0.2, 0.25) is 11.0 Å². The Kier molecular flexibility index (Phi) is 4.86. The molecule has 2 aromatic rings. The number of halogens is 1. The highest BCUT2D eigenvalue weighted by Gasteiger charge is 2.07. The fourth-order valence-corrected chi connectivity index (χ4v) is 2.68. The molecule has 1 aromatic carbocycles. The molecule has 0 unspecified atom stereocenters. The summed E-state index contributed by atoms with van der Waals surface area (Å²) in [4.78, 5) is 12.5. The van der Waals surface area contributed by atoms with E-state index in [0.717, 1.165) is 16.3 Å². The first-order valence-corrected chi connectivity index (χ1v) is 7.48. The van der Waals surface area contributed by atoms with Crippen molar-refractivity contribution in [1.82, 2.24) is 10.2 Å². The summed E-state index contributed by atoms with van der Waals surface area (Å²) < 4.78 is 12.7. The monoisotopic (exact) mass is 297 g/mol. The molecule has 1 amide bonds. The van der Waals surface area contributed by atoms with Crippen LogP contribution in [0, 0.1) is 5.82 Å². The van der Waals surface area contributed by atoms with Gasteiger partial charge in [-0.1, -0.05) is 18.3 Å². The van der Waals surface area contributed by atoms with E-state index in [1.54, 1.807) is 12.1 Å². The van der Waals surface area contributed by atoms with E-state index in [1.165, 1.54) is 35.2 Å². The maximum atomic E-state index is 12.7. The summed E-state index contributed by atoms with van der Waals surface area (Å²) in [6.45, 7) is 1.98. The van der Waals surface area contributed by atoms with Crippen LogP contribution in [0.1, 0.15) is 11.9 Å². The van der Waals surface area contributed by atoms with Crippen LogP contribution in [-0.4, -0.2) is 21.9 Å². The zero-order valence-corrected chi connectivity index (χ0v) is 11.9. The number of benzene rings is 1. The Morgan fingerprint density at radius 1 is 1.37 bits per heavy atom. The van der Waals surface area contributed by atoms with E-state index in [9.17, 15) is 9.18 Å². The quantitative estimate of drug-likeness (QED) is 0.862. The van der Waals surface area contributed by atoms with Crippen molar-refractivity contribution in [2.24, 2.45) is 0 Å². The Bertz CT molecular complexity index is 556. The second kappa shape index (κ2) is 6.63. The summed E-state index contributed by atoms with van der Waals surface area (Å²) in [5.41, 5.74) is 0. The van der Waals surface area contributed by atoms with Crippen LogP contribution in [-0.2, 0) is 11.2 Å². The van der Waals surface area contributed by atoms with Crippen LogP contribution in [0.5, 0.6) is 0 Å². The van der Waals surface area contributed by atoms with Gasteiger partial charge in [0.05, 0.1) is 5.75 Å². The predicted octanol–water partition coefficient (Wildman–Crippen LogP) is 2.97. The summed E-state index contributed by atoms with van der Waals surface area (Å²) in [6, 6.07) is 6.04. The molecule has 0 bridgehead atoms. The Morgan fingerprint density at radius 3 is 2.74 bits per heavy atom.